The van der Waals surface area contributed by atoms with Crippen LogP contribution in [0.4, 0.5) is 20.4 Å². The molecule has 2 aromatic rings. The highest BCUT2D eigenvalue weighted by atomic mass is 19.2. The molecule has 1 fully saturated rings. The fourth-order valence-electron chi connectivity index (χ4n) is 2.61. The number of halogens is 2. The quantitative estimate of drug-likeness (QED) is 0.921. The highest BCUT2D eigenvalue weighted by Crippen LogP contribution is 2.17. The third-order valence-corrected chi connectivity index (χ3v) is 4.17. The second-order valence-corrected chi connectivity index (χ2v) is 6.04. The lowest BCUT2D eigenvalue weighted by molar-refractivity contribution is 0.102. The average Bonchev–Trinajstić information content (AvgIpc) is 2.58. The number of piperazine rings is 1. The van der Waals surface area contributed by atoms with Crippen LogP contribution in [0.3, 0.4) is 0 Å². The first-order valence-electron chi connectivity index (χ1n) is 7.97. The standard InChI is InChI=1S/C17H19F2N5O/c1-11-13(16(25)22-12-3-4-14(18)15(19)9-12)10-20-17(21-11)24-7-5-23(2)6-8-24/h3-4,9-10H,5-8H2,1-2H3,(H,22,25). The van der Waals surface area contributed by atoms with Crippen molar-refractivity contribution in [1.29, 1.82) is 0 Å². The Kier molecular flexibility index (Phi) is 4.89. The van der Waals surface area contributed by atoms with Gasteiger partial charge < -0.3 is 15.1 Å². The van der Waals surface area contributed by atoms with Gasteiger partial charge in [-0.15, -0.1) is 0 Å². The van der Waals surface area contributed by atoms with E-state index in [2.05, 4.69) is 32.1 Å². The van der Waals surface area contributed by atoms with Crippen molar-refractivity contribution in [2.75, 3.05) is 43.4 Å². The van der Waals surface area contributed by atoms with E-state index < -0.39 is 17.5 Å². The second kappa shape index (κ2) is 7.10. The van der Waals surface area contributed by atoms with Crippen molar-refractivity contribution in [3.05, 3.63) is 47.3 Å². The van der Waals surface area contributed by atoms with Crippen molar-refractivity contribution in [2.45, 2.75) is 6.92 Å². The van der Waals surface area contributed by atoms with Gasteiger partial charge in [0.2, 0.25) is 5.95 Å². The Morgan fingerprint density at radius 1 is 1.16 bits per heavy atom. The predicted octanol–water partition coefficient (Wildman–Crippen LogP) is 2.07. The van der Waals surface area contributed by atoms with Crippen LogP contribution in [0.5, 0.6) is 0 Å². The van der Waals surface area contributed by atoms with Crippen LogP contribution in [0.2, 0.25) is 0 Å². The molecule has 1 aromatic heterocycles. The minimum atomic E-state index is -1.02. The van der Waals surface area contributed by atoms with E-state index in [1.165, 1.54) is 12.3 Å². The minimum absolute atomic E-state index is 0.173. The molecule has 3 rings (SSSR count). The van der Waals surface area contributed by atoms with Crippen LogP contribution in [-0.4, -0.2) is 54.0 Å². The molecule has 0 spiro atoms. The van der Waals surface area contributed by atoms with E-state index >= 15 is 0 Å². The van der Waals surface area contributed by atoms with Crippen LogP contribution in [0.1, 0.15) is 16.1 Å². The number of carbonyl (C=O) groups is 1. The van der Waals surface area contributed by atoms with Gasteiger partial charge >= 0.3 is 0 Å². The molecule has 0 unspecified atom stereocenters. The van der Waals surface area contributed by atoms with Crippen molar-refractivity contribution in [3.63, 3.8) is 0 Å². The van der Waals surface area contributed by atoms with Gasteiger partial charge in [-0.1, -0.05) is 0 Å². The minimum Gasteiger partial charge on any atom is -0.338 e. The van der Waals surface area contributed by atoms with E-state index in [1.807, 2.05) is 0 Å². The zero-order valence-corrected chi connectivity index (χ0v) is 14.1. The monoisotopic (exact) mass is 347 g/mol. The lowest BCUT2D eigenvalue weighted by Gasteiger charge is -2.32. The molecule has 1 aliphatic heterocycles. The molecule has 1 N–H and O–H groups in total. The third-order valence-electron chi connectivity index (χ3n) is 4.17. The Morgan fingerprint density at radius 2 is 1.88 bits per heavy atom. The van der Waals surface area contributed by atoms with Gasteiger partial charge in [-0.2, -0.15) is 0 Å². The van der Waals surface area contributed by atoms with Crippen LogP contribution in [0.25, 0.3) is 0 Å². The molecule has 1 aromatic carbocycles. The predicted molar refractivity (Wildman–Crippen MR) is 90.8 cm³/mol. The van der Waals surface area contributed by atoms with Gasteiger partial charge in [0.1, 0.15) is 0 Å². The maximum atomic E-state index is 13.2. The Balaban J connectivity index is 1.73. The van der Waals surface area contributed by atoms with E-state index in [-0.39, 0.29) is 5.69 Å². The van der Waals surface area contributed by atoms with Gasteiger partial charge in [0, 0.05) is 44.1 Å². The molecule has 2 heterocycles. The van der Waals surface area contributed by atoms with Crippen molar-refractivity contribution in [3.8, 4) is 0 Å². The Hall–Kier alpha value is -2.61. The van der Waals surface area contributed by atoms with E-state index in [0.29, 0.717) is 17.2 Å². The topological polar surface area (TPSA) is 61.4 Å². The zero-order chi connectivity index (χ0) is 18.0. The highest BCUT2D eigenvalue weighted by molar-refractivity contribution is 6.04. The number of hydrogen-bond donors (Lipinski definition) is 1. The number of benzene rings is 1. The number of hydrogen-bond acceptors (Lipinski definition) is 5. The lowest BCUT2D eigenvalue weighted by atomic mass is 10.2. The van der Waals surface area contributed by atoms with Crippen molar-refractivity contribution < 1.29 is 13.6 Å². The maximum Gasteiger partial charge on any atom is 0.259 e. The molecule has 0 atom stereocenters. The van der Waals surface area contributed by atoms with Crippen molar-refractivity contribution in [1.82, 2.24) is 14.9 Å². The number of rotatable bonds is 3. The molecule has 8 heteroatoms. The molecule has 0 radical (unpaired) electrons. The SMILES string of the molecule is Cc1nc(N2CCN(C)CC2)ncc1C(=O)Nc1ccc(F)c(F)c1. The van der Waals surface area contributed by atoms with E-state index in [0.717, 1.165) is 38.3 Å². The molecule has 6 nitrogen and oxygen atoms in total. The van der Waals surface area contributed by atoms with Crippen LogP contribution in [0.15, 0.2) is 24.4 Å². The van der Waals surface area contributed by atoms with Crippen molar-refractivity contribution in [2.24, 2.45) is 0 Å². The summed E-state index contributed by atoms with van der Waals surface area (Å²) < 4.78 is 26.2. The summed E-state index contributed by atoms with van der Waals surface area (Å²) in [4.78, 5) is 25.3. The molecule has 25 heavy (non-hydrogen) atoms. The van der Waals surface area contributed by atoms with Crippen LogP contribution in [-0.2, 0) is 0 Å². The molecule has 1 amide bonds. The van der Waals surface area contributed by atoms with Gasteiger partial charge in [-0.05, 0) is 26.1 Å². The summed E-state index contributed by atoms with van der Waals surface area (Å²) in [5.74, 6) is -1.85. The normalized spacial score (nSPS) is 15.3. The molecule has 1 saturated heterocycles. The van der Waals surface area contributed by atoms with Gasteiger partial charge in [0.15, 0.2) is 11.6 Å². The Bertz CT molecular complexity index is 791. The Labute approximate surface area is 144 Å². The van der Waals surface area contributed by atoms with E-state index in [1.54, 1.807) is 6.92 Å². The summed E-state index contributed by atoms with van der Waals surface area (Å²) in [5.41, 5.74) is 0.998. The number of nitrogens with zero attached hydrogens (tertiary/aromatic N) is 4. The van der Waals surface area contributed by atoms with Gasteiger partial charge in [0.25, 0.3) is 5.91 Å². The summed E-state index contributed by atoms with van der Waals surface area (Å²) in [7, 11) is 2.06. The number of carbonyl (C=O) groups excluding carboxylic acids is 1. The number of aromatic nitrogens is 2. The highest BCUT2D eigenvalue weighted by Gasteiger charge is 2.19. The number of likely N-dealkylation sites (N-methyl/N-ethyl adjacent to an activating group) is 1. The van der Waals surface area contributed by atoms with Gasteiger partial charge in [-0.3, -0.25) is 4.79 Å². The van der Waals surface area contributed by atoms with Gasteiger partial charge in [-0.25, -0.2) is 18.7 Å². The van der Waals surface area contributed by atoms with Crippen LogP contribution < -0.4 is 10.2 Å². The molecule has 0 saturated carbocycles. The molecule has 1 aliphatic rings. The number of aryl methyl sites for hydroxylation is 1. The summed E-state index contributed by atoms with van der Waals surface area (Å²) in [5, 5.41) is 2.53. The molecule has 0 bridgehead atoms. The number of anilines is 2. The van der Waals surface area contributed by atoms with E-state index in [9.17, 15) is 13.6 Å². The summed E-state index contributed by atoms with van der Waals surface area (Å²) in [6, 6.07) is 3.19. The summed E-state index contributed by atoms with van der Waals surface area (Å²) in [6.45, 7) is 5.25. The molecule has 132 valence electrons. The Morgan fingerprint density at radius 3 is 2.52 bits per heavy atom. The second-order valence-electron chi connectivity index (χ2n) is 6.04. The number of nitrogens with one attached hydrogen (secondary N) is 1. The first-order valence-corrected chi connectivity index (χ1v) is 7.97. The summed E-state index contributed by atoms with van der Waals surface area (Å²) in [6.07, 6.45) is 1.46. The van der Waals surface area contributed by atoms with E-state index in [4.69, 9.17) is 0 Å². The molecular weight excluding hydrogens is 328 g/mol. The van der Waals surface area contributed by atoms with Crippen LogP contribution >= 0.6 is 0 Å². The third kappa shape index (κ3) is 3.90. The fraction of sp³-hybridized carbons (Fsp3) is 0.353. The largest absolute Gasteiger partial charge is 0.338 e. The fourth-order valence-corrected chi connectivity index (χ4v) is 2.61. The summed E-state index contributed by atoms with van der Waals surface area (Å²) >= 11 is 0. The molecule has 0 aliphatic carbocycles. The smallest absolute Gasteiger partial charge is 0.259 e. The van der Waals surface area contributed by atoms with Crippen LogP contribution in [0, 0.1) is 18.6 Å². The van der Waals surface area contributed by atoms with Crippen molar-refractivity contribution >= 4 is 17.5 Å². The first kappa shape index (κ1) is 17.2. The average molecular weight is 347 g/mol. The van der Waals surface area contributed by atoms with Gasteiger partial charge in [0.05, 0.1) is 11.3 Å². The first-order chi connectivity index (χ1) is 11.9. The lowest BCUT2D eigenvalue weighted by Crippen LogP contribution is -2.45. The number of amides is 1. The molecular formula is C17H19F2N5O. The maximum absolute atomic E-state index is 13.2. The zero-order valence-electron chi connectivity index (χ0n) is 14.1.